The maximum Gasteiger partial charge on any atom is 0.309 e. The SMILES string of the molecule is CCCCC1CCC(CC(C)CCC)(C(=O)O)CC1. The second-order valence-electron chi connectivity index (χ2n) is 6.77. The van der Waals surface area contributed by atoms with E-state index in [1.54, 1.807) is 0 Å². The molecule has 1 atom stereocenters. The Morgan fingerprint density at radius 3 is 2.37 bits per heavy atom. The quantitative estimate of drug-likeness (QED) is 0.651. The molecule has 0 bridgehead atoms. The van der Waals surface area contributed by atoms with Gasteiger partial charge in [-0.3, -0.25) is 4.79 Å². The standard InChI is InChI=1S/C17H32O2/c1-4-6-8-15-9-11-17(12-10-15,16(18)19)13-14(3)7-5-2/h14-15H,4-13H2,1-3H3,(H,18,19). The average molecular weight is 268 g/mol. The van der Waals surface area contributed by atoms with Gasteiger partial charge in [0.05, 0.1) is 5.41 Å². The van der Waals surface area contributed by atoms with Gasteiger partial charge in [-0.15, -0.1) is 0 Å². The smallest absolute Gasteiger partial charge is 0.309 e. The summed E-state index contributed by atoms with van der Waals surface area (Å²) in [6, 6.07) is 0. The summed E-state index contributed by atoms with van der Waals surface area (Å²) in [6.45, 7) is 6.64. The van der Waals surface area contributed by atoms with Crippen molar-refractivity contribution in [2.75, 3.05) is 0 Å². The third-order valence-corrected chi connectivity index (χ3v) is 5.00. The van der Waals surface area contributed by atoms with Gasteiger partial charge >= 0.3 is 5.97 Å². The second kappa shape index (κ2) is 7.91. The molecule has 1 rings (SSSR count). The zero-order chi connectivity index (χ0) is 14.3. The first-order valence-electron chi connectivity index (χ1n) is 8.27. The van der Waals surface area contributed by atoms with Crippen LogP contribution in [-0.2, 0) is 4.79 Å². The molecule has 0 spiro atoms. The highest BCUT2D eigenvalue weighted by atomic mass is 16.4. The highest BCUT2D eigenvalue weighted by molar-refractivity contribution is 5.74. The lowest BCUT2D eigenvalue weighted by Gasteiger charge is -2.38. The third kappa shape index (κ3) is 4.81. The van der Waals surface area contributed by atoms with Crippen LogP contribution in [0.2, 0.25) is 0 Å². The van der Waals surface area contributed by atoms with Crippen molar-refractivity contribution in [3.8, 4) is 0 Å². The van der Waals surface area contributed by atoms with Gasteiger partial charge in [-0.05, 0) is 43.9 Å². The molecule has 1 aliphatic carbocycles. The van der Waals surface area contributed by atoms with Crippen LogP contribution in [0.15, 0.2) is 0 Å². The number of hydrogen-bond acceptors (Lipinski definition) is 1. The summed E-state index contributed by atoms with van der Waals surface area (Å²) in [5.74, 6) is 0.798. The molecule has 0 amide bonds. The van der Waals surface area contributed by atoms with E-state index in [1.807, 2.05) is 0 Å². The average Bonchev–Trinajstić information content (AvgIpc) is 2.38. The minimum Gasteiger partial charge on any atom is -0.481 e. The Morgan fingerprint density at radius 2 is 1.89 bits per heavy atom. The van der Waals surface area contributed by atoms with Crippen LogP contribution >= 0.6 is 0 Å². The maximum absolute atomic E-state index is 11.7. The van der Waals surface area contributed by atoms with Crippen LogP contribution in [0.4, 0.5) is 0 Å². The Labute approximate surface area is 119 Å². The molecule has 112 valence electrons. The van der Waals surface area contributed by atoms with Gasteiger partial charge in [0.2, 0.25) is 0 Å². The predicted molar refractivity (Wildman–Crippen MR) is 80.2 cm³/mol. The predicted octanol–water partition coefficient (Wildman–Crippen LogP) is 5.26. The lowest BCUT2D eigenvalue weighted by molar-refractivity contribution is -0.153. The molecular weight excluding hydrogens is 236 g/mol. The van der Waals surface area contributed by atoms with E-state index >= 15 is 0 Å². The van der Waals surface area contributed by atoms with E-state index in [9.17, 15) is 9.90 Å². The van der Waals surface area contributed by atoms with Crippen molar-refractivity contribution in [1.29, 1.82) is 0 Å². The van der Waals surface area contributed by atoms with Gasteiger partial charge in [0.1, 0.15) is 0 Å². The van der Waals surface area contributed by atoms with Gasteiger partial charge in [0.25, 0.3) is 0 Å². The monoisotopic (exact) mass is 268 g/mol. The number of rotatable bonds is 8. The number of aliphatic carboxylic acids is 1. The van der Waals surface area contributed by atoms with E-state index in [0.29, 0.717) is 5.92 Å². The van der Waals surface area contributed by atoms with E-state index in [2.05, 4.69) is 20.8 Å². The molecule has 0 heterocycles. The number of carboxylic acid groups (broad SMARTS) is 1. The summed E-state index contributed by atoms with van der Waals surface area (Å²) >= 11 is 0. The van der Waals surface area contributed by atoms with Crippen molar-refractivity contribution in [3.05, 3.63) is 0 Å². The molecule has 19 heavy (non-hydrogen) atoms. The van der Waals surface area contributed by atoms with E-state index < -0.39 is 11.4 Å². The van der Waals surface area contributed by atoms with Crippen molar-refractivity contribution in [1.82, 2.24) is 0 Å². The van der Waals surface area contributed by atoms with E-state index in [0.717, 1.165) is 50.9 Å². The maximum atomic E-state index is 11.7. The normalized spacial score (nSPS) is 29.1. The molecule has 2 heteroatoms. The molecule has 1 aliphatic rings. The number of carbonyl (C=O) groups is 1. The Kier molecular flexibility index (Phi) is 6.88. The Hall–Kier alpha value is -0.530. The molecule has 0 aromatic rings. The van der Waals surface area contributed by atoms with Gasteiger partial charge in [-0.1, -0.05) is 52.9 Å². The molecule has 1 fully saturated rings. The van der Waals surface area contributed by atoms with Gasteiger partial charge in [0.15, 0.2) is 0 Å². The van der Waals surface area contributed by atoms with Gasteiger partial charge in [0, 0.05) is 0 Å². The van der Waals surface area contributed by atoms with E-state index in [-0.39, 0.29) is 0 Å². The summed E-state index contributed by atoms with van der Waals surface area (Å²) in [4.78, 5) is 11.7. The summed E-state index contributed by atoms with van der Waals surface area (Å²) < 4.78 is 0. The minimum atomic E-state index is -0.538. The van der Waals surface area contributed by atoms with Crippen molar-refractivity contribution >= 4 is 5.97 Å². The first-order valence-corrected chi connectivity index (χ1v) is 8.27. The largest absolute Gasteiger partial charge is 0.481 e. The fourth-order valence-electron chi connectivity index (χ4n) is 3.78. The number of unbranched alkanes of at least 4 members (excludes halogenated alkanes) is 1. The van der Waals surface area contributed by atoms with Crippen LogP contribution in [0.5, 0.6) is 0 Å². The van der Waals surface area contributed by atoms with Crippen molar-refractivity contribution in [2.24, 2.45) is 17.3 Å². The second-order valence-corrected chi connectivity index (χ2v) is 6.77. The van der Waals surface area contributed by atoms with Gasteiger partial charge in [-0.2, -0.15) is 0 Å². The van der Waals surface area contributed by atoms with Crippen molar-refractivity contribution < 1.29 is 9.90 Å². The lowest BCUT2D eigenvalue weighted by Crippen LogP contribution is -2.37. The van der Waals surface area contributed by atoms with Crippen LogP contribution in [0.25, 0.3) is 0 Å². The summed E-state index contributed by atoms with van der Waals surface area (Å²) in [5.41, 5.74) is -0.405. The molecule has 1 saturated carbocycles. The zero-order valence-corrected chi connectivity index (χ0v) is 13.1. The molecule has 0 saturated heterocycles. The van der Waals surface area contributed by atoms with Gasteiger partial charge in [-0.25, -0.2) is 0 Å². The molecule has 0 aromatic carbocycles. The Balaban J connectivity index is 2.53. The molecule has 0 aromatic heterocycles. The molecular formula is C17H32O2. The Bertz CT molecular complexity index is 264. The fourth-order valence-corrected chi connectivity index (χ4v) is 3.78. The van der Waals surface area contributed by atoms with Crippen LogP contribution in [0.3, 0.4) is 0 Å². The first-order chi connectivity index (χ1) is 9.04. The number of hydrogen-bond donors (Lipinski definition) is 1. The molecule has 0 aliphatic heterocycles. The highest BCUT2D eigenvalue weighted by Gasteiger charge is 2.42. The van der Waals surface area contributed by atoms with Crippen molar-refractivity contribution in [2.45, 2.75) is 85.0 Å². The highest BCUT2D eigenvalue weighted by Crippen LogP contribution is 2.45. The van der Waals surface area contributed by atoms with Crippen LogP contribution in [0, 0.1) is 17.3 Å². The van der Waals surface area contributed by atoms with Crippen LogP contribution < -0.4 is 0 Å². The van der Waals surface area contributed by atoms with Gasteiger partial charge < -0.3 is 5.11 Å². The van der Waals surface area contributed by atoms with Crippen molar-refractivity contribution in [3.63, 3.8) is 0 Å². The number of carboxylic acids is 1. The molecule has 0 radical (unpaired) electrons. The zero-order valence-electron chi connectivity index (χ0n) is 13.1. The Morgan fingerprint density at radius 1 is 1.26 bits per heavy atom. The van der Waals surface area contributed by atoms with Crippen LogP contribution in [-0.4, -0.2) is 11.1 Å². The minimum absolute atomic E-state index is 0.405. The van der Waals surface area contributed by atoms with Crippen LogP contribution in [0.1, 0.15) is 85.0 Å². The fraction of sp³-hybridized carbons (Fsp3) is 0.941. The molecule has 1 unspecified atom stereocenters. The lowest BCUT2D eigenvalue weighted by atomic mass is 9.65. The third-order valence-electron chi connectivity index (χ3n) is 5.00. The van der Waals surface area contributed by atoms with E-state index in [1.165, 1.54) is 19.3 Å². The molecule has 2 nitrogen and oxygen atoms in total. The summed E-state index contributed by atoms with van der Waals surface area (Å²) in [6.07, 6.45) is 11.1. The summed E-state index contributed by atoms with van der Waals surface area (Å²) in [7, 11) is 0. The summed E-state index contributed by atoms with van der Waals surface area (Å²) in [5, 5.41) is 9.67. The van der Waals surface area contributed by atoms with E-state index in [4.69, 9.17) is 0 Å². The topological polar surface area (TPSA) is 37.3 Å². The molecule has 1 N–H and O–H groups in total. The first kappa shape index (κ1) is 16.5.